The van der Waals surface area contributed by atoms with Gasteiger partial charge in [-0.1, -0.05) is 42.5 Å². The van der Waals surface area contributed by atoms with Crippen LogP contribution in [0.1, 0.15) is 0 Å². The first-order valence-corrected chi connectivity index (χ1v) is 5.32. The van der Waals surface area contributed by atoms with Gasteiger partial charge in [-0.2, -0.15) is 0 Å². The Morgan fingerprint density at radius 2 is 1.81 bits per heavy atom. The Labute approximate surface area is 96.7 Å². The van der Waals surface area contributed by atoms with Gasteiger partial charge in [0.1, 0.15) is 0 Å². The number of anilines is 2. The minimum Gasteiger partial charge on any atom is -0.337 e. The van der Waals surface area contributed by atoms with Gasteiger partial charge in [0, 0.05) is 24.0 Å². The summed E-state index contributed by atoms with van der Waals surface area (Å²) in [5, 5.41) is 0. The van der Waals surface area contributed by atoms with Gasteiger partial charge in [0.2, 0.25) is 0 Å². The third kappa shape index (κ3) is 2.31. The minimum absolute atomic E-state index is 0.782. The van der Waals surface area contributed by atoms with Gasteiger partial charge in [-0.25, -0.2) is 0 Å². The highest BCUT2D eigenvalue weighted by atomic mass is 15.1. The molecule has 1 radical (unpaired) electrons. The molecule has 2 rings (SSSR count). The van der Waals surface area contributed by atoms with E-state index in [1.54, 1.807) is 0 Å². The lowest BCUT2D eigenvalue weighted by Gasteiger charge is -2.23. The largest absolute Gasteiger partial charge is 0.337 e. The Hall–Kier alpha value is -2.02. The van der Waals surface area contributed by atoms with Gasteiger partial charge in [-0.05, 0) is 18.2 Å². The number of hydrogen-bond acceptors (Lipinski definition) is 1. The molecule has 0 unspecified atom stereocenters. The molecule has 0 N–H and O–H groups in total. The number of hydrogen-bond donors (Lipinski definition) is 0. The highest BCUT2D eigenvalue weighted by Crippen LogP contribution is 2.23. The maximum atomic E-state index is 3.80. The summed E-state index contributed by atoms with van der Waals surface area (Å²) in [5.74, 6) is 0. The molecule has 0 saturated carbocycles. The molecular formula is C15H14N. The van der Waals surface area contributed by atoms with Crippen LogP contribution in [0.4, 0.5) is 11.4 Å². The molecule has 1 nitrogen and oxygen atoms in total. The van der Waals surface area contributed by atoms with Crippen LogP contribution in [-0.4, -0.2) is 6.54 Å². The second-order valence-corrected chi connectivity index (χ2v) is 3.48. The fourth-order valence-electron chi connectivity index (χ4n) is 1.63. The molecular weight excluding hydrogens is 194 g/mol. The molecule has 0 atom stereocenters. The smallest absolute Gasteiger partial charge is 0.0494 e. The van der Waals surface area contributed by atoms with Crippen molar-refractivity contribution < 1.29 is 0 Å². The maximum Gasteiger partial charge on any atom is 0.0494 e. The van der Waals surface area contributed by atoms with Crippen LogP contribution in [0.5, 0.6) is 0 Å². The predicted molar refractivity (Wildman–Crippen MR) is 68.9 cm³/mol. The van der Waals surface area contributed by atoms with Crippen molar-refractivity contribution in [2.75, 3.05) is 11.4 Å². The molecule has 2 aromatic rings. The van der Waals surface area contributed by atoms with Crippen molar-refractivity contribution in [3.8, 4) is 0 Å². The summed E-state index contributed by atoms with van der Waals surface area (Å²) in [7, 11) is 0. The summed E-state index contributed by atoms with van der Waals surface area (Å²) in [6.07, 6.45) is 1.90. The van der Waals surface area contributed by atoms with Crippen molar-refractivity contribution in [2.24, 2.45) is 0 Å². The molecule has 0 fully saturated rings. The fourth-order valence-corrected chi connectivity index (χ4v) is 1.63. The summed E-state index contributed by atoms with van der Waals surface area (Å²) in [5.41, 5.74) is 2.22. The second kappa shape index (κ2) is 5.17. The standard InChI is InChI=1S/C15H14N/c1-2-13-16(14-9-5-3-6-10-14)15-11-7-4-8-12-15/h2-11H,1,13H2. The maximum absolute atomic E-state index is 3.80. The van der Waals surface area contributed by atoms with Gasteiger partial charge >= 0.3 is 0 Å². The Morgan fingerprint density at radius 1 is 1.06 bits per heavy atom. The van der Waals surface area contributed by atoms with Crippen molar-refractivity contribution in [3.05, 3.63) is 73.3 Å². The molecule has 0 aliphatic carbocycles. The second-order valence-electron chi connectivity index (χ2n) is 3.48. The van der Waals surface area contributed by atoms with Crippen LogP contribution in [0.25, 0.3) is 0 Å². The lowest BCUT2D eigenvalue weighted by molar-refractivity contribution is 1.10. The first-order chi connectivity index (χ1) is 7.92. The number of para-hydroxylation sites is 2. The molecule has 0 aliphatic rings. The van der Waals surface area contributed by atoms with Crippen LogP contribution in [-0.2, 0) is 0 Å². The Bertz CT molecular complexity index is 394. The average Bonchev–Trinajstić information content (AvgIpc) is 2.38. The fraction of sp³-hybridized carbons (Fsp3) is 0.0667. The van der Waals surface area contributed by atoms with Crippen molar-refractivity contribution in [1.29, 1.82) is 0 Å². The summed E-state index contributed by atoms with van der Waals surface area (Å²) in [6.45, 7) is 4.58. The number of benzene rings is 2. The van der Waals surface area contributed by atoms with Crippen molar-refractivity contribution in [2.45, 2.75) is 0 Å². The number of nitrogens with zero attached hydrogens (tertiary/aromatic N) is 1. The summed E-state index contributed by atoms with van der Waals surface area (Å²) in [6, 6.07) is 21.5. The molecule has 79 valence electrons. The Morgan fingerprint density at radius 3 is 2.44 bits per heavy atom. The van der Waals surface area contributed by atoms with Crippen LogP contribution >= 0.6 is 0 Å². The summed E-state index contributed by atoms with van der Waals surface area (Å²) in [4.78, 5) is 2.17. The van der Waals surface area contributed by atoms with Crippen LogP contribution in [0.3, 0.4) is 0 Å². The molecule has 0 heterocycles. The SMILES string of the molecule is C=CCN(c1[c]cccc1)c1ccccc1. The molecule has 0 bridgehead atoms. The van der Waals surface area contributed by atoms with E-state index in [4.69, 9.17) is 0 Å². The van der Waals surface area contributed by atoms with E-state index in [2.05, 4.69) is 35.7 Å². The highest BCUT2D eigenvalue weighted by Gasteiger charge is 2.05. The molecule has 0 amide bonds. The van der Waals surface area contributed by atoms with E-state index in [1.807, 2.05) is 42.5 Å². The van der Waals surface area contributed by atoms with Crippen LogP contribution in [0.2, 0.25) is 0 Å². The normalized spacial score (nSPS) is 9.75. The summed E-state index contributed by atoms with van der Waals surface area (Å²) >= 11 is 0. The predicted octanol–water partition coefficient (Wildman–Crippen LogP) is 3.81. The zero-order valence-electron chi connectivity index (χ0n) is 9.13. The van der Waals surface area contributed by atoms with Gasteiger partial charge in [0.15, 0.2) is 0 Å². The van der Waals surface area contributed by atoms with E-state index in [-0.39, 0.29) is 0 Å². The third-order valence-electron chi connectivity index (χ3n) is 2.36. The van der Waals surface area contributed by atoms with Crippen molar-refractivity contribution in [1.82, 2.24) is 0 Å². The zero-order valence-corrected chi connectivity index (χ0v) is 9.13. The third-order valence-corrected chi connectivity index (χ3v) is 2.36. The Balaban J connectivity index is 2.35. The quantitative estimate of drug-likeness (QED) is 0.690. The van der Waals surface area contributed by atoms with Gasteiger partial charge < -0.3 is 4.90 Å². The van der Waals surface area contributed by atoms with Gasteiger partial charge in [-0.15, -0.1) is 6.58 Å². The first kappa shape index (κ1) is 10.5. The lowest BCUT2D eigenvalue weighted by Crippen LogP contribution is -2.16. The molecule has 0 aromatic heterocycles. The topological polar surface area (TPSA) is 3.24 Å². The monoisotopic (exact) mass is 208 g/mol. The van der Waals surface area contributed by atoms with Gasteiger partial charge in [0.05, 0.1) is 0 Å². The minimum atomic E-state index is 0.782. The van der Waals surface area contributed by atoms with Gasteiger partial charge in [0.25, 0.3) is 0 Å². The van der Waals surface area contributed by atoms with Crippen molar-refractivity contribution >= 4 is 11.4 Å². The molecule has 1 heteroatoms. The van der Waals surface area contributed by atoms with E-state index in [1.165, 1.54) is 0 Å². The first-order valence-electron chi connectivity index (χ1n) is 5.32. The molecule has 0 spiro atoms. The van der Waals surface area contributed by atoms with Crippen LogP contribution in [0.15, 0.2) is 67.3 Å². The molecule has 2 aromatic carbocycles. The van der Waals surface area contributed by atoms with E-state index >= 15 is 0 Å². The van der Waals surface area contributed by atoms with E-state index in [0.717, 1.165) is 17.9 Å². The van der Waals surface area contributed by atoms with Crippen LogP contribution < -0.4 is 4.90 Å². The molecule has 0 saturated heterocycles. The van der Waals surface area contributed by atoms with Crippen LogP contribution in [0, 0.1) is 6.07 Å². The lowest BCUT2D eigenvalue weighted by atomic mass is 10.2. The van der Waals surface area contributed by atoms with E-state index in [9.17, 15) is 0 Å². The zero-order chi connectivity index (χ0) is 11.2. The number of rotatable bonds is 4. The summed E-state index contributed by atoms with van der Waals surface area (Å²) < 4.78 is 0. The Kier molecular flexibility index (Phi) is 3.39. The van der Waals surface area contributed by atoms with E-state index in [0.29, 0.717) is 0 Å². The average molecular weight is 208 g/mol. The molecule has 16 heavy (non-hydrogen) atoms. The van der Waals surface area contributed by atoms with Gasteiger partial charge in [-0.3, -0.25) is 0 Å². The van der Waals surface area contributed by atoms with E-state index < -0.39 is 0 Å². The highest BCUT2D eigenvalue weighted by molar-refractivity contribution is 5.62. The molecule has 0 aliphatic heterocycles. The van der Waals surface area contributed by atoms with Crippen molar-refractivity contribution in [3.63, 3.8) is 0 Å².